The summed E-state index contributed by atoms with van der Waals surface area (Å²) < 4.78 is 6.07. The summed E-state index contributed by atoms with van der Waals surface area (Å²) in [6, 6.07) is 7.56. The maximum atomic E-state index is 11.6. The fourth-order valence-electron chi connectivity index (χ4n) is 2.89. The molecule has 0 bridgehead atoms. The largest absolute Gasteiger partial charge is 0.477 e. The van der Waals surface area contributed by atoms with Crippen LogP contribution in [0.2, 0.25) is 0 Å². The number of hydrogen-bond donors (Lipinski definition) is 1. The highest BCUT2D eigenvalue weighted by atomic mass is 32.2. The van der Waals surface area contributed by atoms with Gasteiger partial charge >= 0.3 is 5.97 Å². The Balaban J connectivity index is 2.08. The molecule has 0 radical (unpaired) electrons. The minimum Gasteiger partial charge on any atom is -0.477 e. The van der Waals surface area contributed by atoms with Crippen molar-refractivity contribution < 1.29 is 9.90 Å². The summed E-state index contributed by atoms with van der Waals surface area (Å²) in [5.41, 5.74) is 3.83. The lowest BCUT2D eigenvalue weighted by molar-refractivity contribution is 0.0686. The number of carboxylic acid groups (broad SMARTS) is 1. The molecule has 0 aliphatic carbocycles. The standard InChI is InChI=1S/C16H12N4O2S/c21-16(22)14-7-10-3-1-4-11-12-8-17-19-13(12)9-18-23-6-2-5-20(14)15(10)11/h1-4,6-7,9H,5,8H2,(H,21,22)/b6-2-,18-9?. The van der Waals surface area contributed by atoms with E-state index in [4.69, 9.17) is 0 Å². The average Bonchev–Trinajstić information content (AvgIpc) is 3.14. The molecule has 1 aromatic carbocycles. The number of para-hydroxylation sites is 1. The van der Waals surface area contributed by atoms with Gasteiger partial charge in [0.1, 0.15) is 11.4 Å². The summed E-state index contributed by atoms with van der Waals surface area (Å²) in [7, 11) is 0. The van der Waals surface area contributed by atoms with Gasteiger partial charge in [-0.2, -0.15) is 10.2 Å². The molecule has 2 aromatic rings. The summed E-state index contributed by atoms with van der Waals surface area (Å²) >= 11 is 1.29. The first kappa shape index (κ1) is 14.0. The lowest BCUT2D eigenvalue weighted by Crippen LogP contribution is -2.08. The topological polar surface area (TPSA) is 79.3 Å². The molecule has 3 heterocycles. The van der Waals surface area contributed by atoms with E-state index in [9.17, 15) is 9.90 Å². The molecule has 2 aliphatic rings. The van der Waals surface area contributed by atoms with Crippen molar-refractivity contribution in [1.82, 2.24) is 4.57 Å². The second-order valence-corrected chi connectivity index (χ2v) is 5.86. The smallest absolute Gasteiger partial charge is 0.352 e. The fourth-order valence-corrected chi connectivity index (χ4v) is 3.30. The van der Waals surface area contributed by atoms with E-state index < -0.39 is 5.97 Å². The van der Waals surface area contributed by atoms with Crippen LogP contribution in [-0.4, -0.2) is 28.4 Å². The lowest BCUT2D eigenvalue weighted by Gasteiger charge is -2.10. The first-order valence-corrected chi connectivity index (χ1v) is 7.90. The zero-order chi connectivity index (χ0) is 15.8. The Bertz CT molecular complexity index is 937. The number of carbonyl (C=O) groups is 1. The van der Waals surface area contributed by atoms with Crippen LogP contribution >= 0.6 is 11.9 Å². The summed E-state index contributed by atoms with van der Waals surface area (Å²) in [4.78, 5) is 11.6. The van der Waals surface area contributed by atoms with Crippen LogP contribution in [0.1, 0.15) is 16.1 Å². The SMILES string of the molecule is O=C(O)c1cc2cccc3c2n1C/C=C\SN=CC1=C3CN=N1. The molecule has 0 spiro atoms. The molecule has 4 rings (SSSR count). The Morgan fingerprint density at radius 2 is 2.26 bits per heavy atom. The zero-order valence-electron chi connectivity index (χ0n) is 12.0. The first-order chi connectivity index (χ1) is 11.3. The van der Waals surface area contributed by atoms with Crippen molar-refractivity contribution in [2.75, 3.05) is 6.54 Å². The van der Waals surface area contributed by atoms with Gasteiger partial charge in [-0.15, -0.1) is 0 Å². The molecule has 1 N–H and O–H groups in total. The third kappa shape index (κ3) is 2.29. The number of hydrogen-bond acceptors (Lipinski definition) is 5. The molecule has 114 valence electrons. The van der Waals surface area contributed by atoms with E-state index in [1.807, 2.05) is 34.3 Å². The van der Waals surface area contributed by atoms with E-state index in [1.54, 1.807) is 12.3 Å². The molecule has 0 amide bonds. The molecule has 23 heavy (non-hydrogen) atoms. The minimum absolute atomic E-state index is 0.274. The van der Waals surface area contributed by atoms with Gasteiger partial charge in [-0.3, -0.25) is 0 Å². The Labute approximate surface area is 136 Å². The number of aromatic nitrogens is 1. The van der Waals surface area contributed by atoms with E-state index in [0.29, 0.717) is 13.1 Å². The average molecular weight is 324 g/mol. The highest BCUT2D eigenvalue weighted by Gasteiger charge is 2.21. The number of azo groups is 1. The third-order valence-electron chi connectivity index (χ3n) is 3.86. The van der Waals surface area contributed by atoms with Crippen LogP contribution in [0.5, 0.6) is 0 Å². The van der Waals surface area contributed by atoms with Crippen LogP contribution < -0.4 is 0 Å². The van der Waals surface area contributed by atoms with Crippen LogP contribution in [-0.2, 0) is 6.54 Å². The summed E-state index contributed by atoms with van der Waals surface area (Å²) in [5, 5.41) is 20.5. The number of allylic oxidation sites excluding steroid dienone is 2. The molecule has 1 aromatic heterocycles. The number of benzene rings is 1. The number of aromatic carboxylic acids is 1. The molecular weight excluding hydrogens is 312 g/mol. The van der Waals surface area contributed by atoms with E-state index in [0.717, 1.165) is 27.7 Å². The van der Waals surface area contributed by atoms with Crippen molar-refractivity contribution in [2.45, 2.75) is 6.54 Å². The maximum absolute atomic E-state index is 11.6. The summed E-state index contributed by atoms with van der Waals surface area (Å²) in [5.74, 6) is -0.936. The normalized spacial score (nSPS) is 18.1. The Morgan fingerprint density at radius 3 is 3.13 bits per heavy atom. The van der Waals surface area contributed by atoms with Gasteiger partial charge in [-0.05, 0) is 11.5 Å². The van der Waals surface area contributed by atoms with Crippen molar-refractivity contribution in [3.05, 3.63) is 52.7 Å². The third-order valence-corrected chi connectivity index (χ3v) is 4.40. The van der Waals surface area contributed by atoms with Gasteiger partial charge in [0.2, 0.25) is 0 Å². The van der Waals surface area contributed by atoms with E-state index in [2.05, 4.69) is 14.6 Å². The molecule has 0 saturated heterocycles. The van der Waals surface area contributed by atoms with Crippen LogP contribution in [0.15, 0.2) is 56.1 Å². The first-order valence-electron chi connectivity index (χ1n) is 7.06. The van der Waals surface area contributed by atoms with Crippen LogP contribution in [0.4, 0.5) is 0 Å². The number of nitrogens with zero attached hydrogens (tertiary/aromatic N) is 4. The van der Waals surface area contributed by atoms with Crippen molar-refractivity contribution in [2.24, 2.45) is 14.6 Å². The van der Waals surface area contributed by atoms with Gasteiger partial charge in [0, 0.05) is 35.0 Å². The number of fused-ring (bicyclic) bond motifs is 1. The predicted octanol–water partition coefficient (Wildman–Crippen LogP) is 3.76. The molecule has 0 fully saturated rings. The molecule has 0 unspecified atom stereocenters. The van der Waals surface area contributed by atoms with Gasteiger partial charge in [0.25, 0.3) is 0 Å². The summed E-state index contributed by atoms with van der Waals surface area (Å²) in [6.45, 7) is 0.952. The van der Waals surface area contributed by atoms with Gasteiger partial charge < -0.3 is 9.67 Å². The minimum atomic E-state index is -0.936. The van der Waals surface area contributed by atoms with Gasteiger partial charge in [0.15, 0.2) is 0 Å². The highest BCUT2D eigenvalue weighted by Crippen LogP contribution is 2.33. The van der Waals surface area contributed by atoms with Crippen LogP contribution in [0.3, 0.4) is 0 Å². The Hall–Kier alpha value is -2.67. The van der Waals surface area contributed by atoms with Gasteiger partial charge in [0.05, 0.1) is 18.3 Å². The van der Waals surface area contributed by atoms with Gasteiger partial charge in [-0.1, -0.05) is 24.3 Å². The molecule has 2 aliphatic heterocycles. The quantitative estimate of drug-likeness (QED) is 0.811. The molecule has 0 atom stereocenters. The van der Waals surface area contributed by atoms with Gasteiger partial charge in [-0.25, -0.2) is 9.19 Å². The monoisotopic (exact) mass is 324 g/mol. The molecule has 6 nitrogen and oxygen atoms in total. The fraction of sp³-hybridized carbons (Fsp3) is 0.125. The molecule has 0 saturated carbocycles. The Morgan fingerprint density at radius 1 is 1.35 bits per heavy atom. The second-order valence-electron chi connectivity index (χ2n) is 5.16. The van der Waals surface area contributed by atoms with E-state index in [-0.39, 0.29) is 5.69 Å². The lowest BCUT2D eigenvalue weighted by atomic mass is 10.0. The highest BCUT2D eigenvalue weighted by molar-refractivity contribution is 8.01. The molecular formula is C16H12N4O2S. The summed E-state index contributed by atoms with van der Waals surface area (Å²) in [6.07, 6.45) is 3.61. The Kier molecular flexibility index (Phi) is 3.34. The maximum Gasteiger partial charge on any atom is 0.352 e. The van der Waals surface area contributed by atoms with Crippen LogP contribution in [0.25, 0.3) is 16.5 Å². The predicted molar refractivity (Wildman–Crippen MR) is 90.8 cm³/mol. The van der Waals surface area contributed by atoms with E-state index in [1.165, 1.54) is 11.9 Å². The zero-order valence-corrected chi connectivity index (χ0v) is 12.8. The molecule has 7 heteroatoms. The van der Waals surface area contributed by atoms with E-state index >= 15 is 0 Å². The van der Waals surface area contributed by atoms with Crippen molar-refractivity contribution in [1.29, 1.82) is 0 Å². The number of rotatable bonds is 1. The second kappa shape index (κ2) is 5.51. The van der Waals surface area contributed by atoms with Crippen molar-refractivity contribution >= 4 is 40.6 Å². The van der Waals surface area contributed by atoms with Crippen LogP contribution in [0, 0.1) is 0 Å². The van der Waals surface area contributed by atoms with Crippen molar-refractivity contribution in [3.8, 4) is 0 Å². The number of carboxylic acids is 1. The van der Waals surface area contributed by atoms with Crippen molar-refractivity contribution in [3.63, 3.8) is 0 Å².